The summed E-state index contributed by atoms with van der Waals surface area (Å²) in [4.78, 5) is 44.5. The smallest absolute Gasteiger partial charge is 0.254 e. The van der Waals surface area contributed by atoms with Gasteiger partial charge in [0.1, 0.15) is 6.54 Å². The molecule has 3 amide bonds. The Bertz CT molecular complexity index is 1060. The van der Waals surface area contributed by atoms with Crippen molar-refractivity contribution in [2.24, 2.45) is 17.8 Å². The summed E-state index contributed by atoms with van der Waals surface area (Å²) in [6, 6.07) is 5.49. The van der Waals surface area contributed by atoms with Crippen LogP contribution in [-0.4, -0.2) is 97.7 Å². The highest BCUT2D eigenvalue weighted by molar-refractivity contribution is 6.42. The summed E-state index contributed by atoms with van der Waals surface area (Å²) in [6.45, 7) is 3.64. The van der Waals surface area contributed by atoms with Crippen molar-refractivity contribution in [2.75, 3.05) is 53.2 Å². The second-order valence-electron chi connectivity index (χ2n) is 11.3. The zero-order chi connectivity index (χ0) is 27.5. The number of piperidine rings is 1. The van der Waals surface area contributed by atoms with Crippen LogP contribution in [-0.2, 0) is 30.4 Å². The van der Waals surface area contributed by atoms with Gasteiger partial charge in [-0.05, 0) is 61.6 Å². The molecule has 39 heavy (non-hydrogen) atoms. The van der Waals surface area contributed by atoms with E-state index in [9.17, 15) is 14.4 Å². The molecule has 214 valence electrons. The van der Waals surface area contributed by atoms with Crippen molar-refractivity contribution < 1.29 is 23.9 Å². The maximum Gasteiger partial charge on any atom is 0.254 e. The molecule has 0 radical (unpaired) electrons. The molecule has 4 aliphatic rings. The maximum atomic E-state index is 13.5. The normalized spacial score (nSPS) is 28.2. The van der Waals surface area contributed by atoms with E-state index in [0.717, 1.165) is 50.8 Å². The Morgan fingerprint density at radius 3 is 2.59 bits per heavy atom. The molecule has 11 heteroatoms. The lowest BCUT2D eigenvalue weighted by atomic mass is 9.69. The summed E-state index contributed by atoms with van der Waals surface area (Å²) in [6.07, 6.45) is 4.30. The molecule has 0 aromatic heterocycles. The predicted octanol–water partition coefficient (Wildman–Crippen LogP) is 2.78. The van der Waals surface area contributed by atoms with Crippen molar-refractivity contribution >= 4 is 40.9 Å². The van der Waals surface area contributed by atoms with Crippen LogP contribution in [0.4, 0.5) is 0 Å². The van der Waals surface area contributed by atoms with Gasteiger partial charge in [-0.1, -0.05) is 29.3 Å². The first-order chi connectivity index (χ1) is 18.8. The predicted molar refractivity (Wildman–Crippen MR) is 147 cm³/mol. The minimum Gasteiger partial charge on any atom is -0.376 e. The molecule has 4 fully saturated rings. The van der Waals surface area contributed by atoms with E-state index in [0.29, 0.717) is 54.9 Å². The van der Waals surface area contributed by atoms with Gasteiger partial charge in [-0.15, -0.1) is 0 Å². The molecular weight excluding hydrogens is 543 g/mol. The lowest BCUT2D eigenvalue weighted by molar-refractivity contribution is -0.159. The van der Waals surface area contributed by atoms with Crippen molar-refractivity contribution in [3.63, 3.8) is 0 Å². The van der Waals surface area contributed by atoms with Gasteiger partial charge in [-0.25, -0.2) is 0 Å². The van der Waals surface area contributed by atoms with Crippen molar-refractivity contribution in [3.8, 4) is 0 Å². The molecule has 4 unspecified atom stereocenters. The van der Waals surface area contributed by atoms with Gasteiger partial charge >= 0.3 is 0 Å². The molecule has 0 bridgehead atoms. The fraction of sp³-hybridized carbons (Fsp3) is 0.679. The van der Waals surface area contributed by atoms with Gasteiger partial charge in [-0.3, -0.25) is 19.7 Å². The van der Waals surface area contributed by atoms with Crippen molar-refractivity contribution in [3.05, 3.63) is 33.8 Å². The molecule has 1 aliphatic carbocycles. The maximum absolute atomic E-state index is 13.5. The van der Waals surface area contributed by atoms with Crippen LogP contribution in [0.25, 0.3) is 0 Å². The van der Waals surface area contributed by atoms with Crippen LogP contribution in [0.15, 0.2) is 18.2 Å². The van der Waals surface area contributed by atoms with Crippen LogP contribution in [0.3, 0.4) is 0 Å². The van der Waals surface area contributed by atoms with E-state index in [2.05, 4.69) is 5.32 Å². The summed E-state index contributed by atoms with van der Waals surface area (Å²) >= 11 is 12.1. The number of nitrogens with zero attached hydrogens (tertiary/aromatic N) is 3. The number of fused-ring (bicyclic) bond motifs is 1. The molecule has 1 N–H and O–H groups in total. The molecule has 4 atom stereocenters. The Kier molecular flexibility index (Phi) is 9.34. The molecule has 1 aromatic carbocycles. The molecule has 5 rings (SSSR count). The lowest BCUT2D eigenvalue weighted by Gasteiger charge is -2.46. The van der Waals surface area contributed by atoms with E-state index in [1.165, 1.54) is 0 Å². The number of rotatable bonds is 6. The highest BCUT2D eigenvalue weighted by Crippen LogP contribution is 2.40. The average molecular weight is 582 g/mol. The number of benzene rings is 1. The lowest BCUT2D eigenvalue weighted by Crippen LogP contribution is -2.60. The van der Waals surface area contributed by atoms with Gasteiger partial charge in [0, 0.05) is 32.7 Å². The van der Waals surface area contributed by atoms with E-state index < -0.39 is 6.10 Å². The zero-order valence-corrected chi connectivity index (χ0v) is 24.0. The number of likely N-dealkylation sites (N-methyl/N-ethyl adjacent to an activating group) is 1. The molecule has 3 saturated heterocycles. The van der Waals surface area contributed by atoms with Gasteiger partial charge in [0.2, 0.25) is 11.8 Å². The molecule has 9 nitrogen and oxygen atoms in total. The standard InChI is InChI=1S/C28H38Cl2N4O5/c1-32(14-18-2-4-22(29)23(30)12-18)26(35)15-34-17-31-24-5-3-20(13-21(24)27(34)36)19-6-8-33(9-7-19)28(37)25-16-38-10-11-39-25/h2,4,12,19-21,24-25,31H,3,5-11,13-17H2,1H3. The minimum atomic E-state index is -0.478. The van der Waals surface area contributed by atoms with E-state index in [-0.39, 0.29) is 36.2 Å². The van der Waals surface area contributed by atoms with Gasteiger partial charge < -0.3 is 24.2 Å². The zero-order valence-electron chi connectivity index (χ0n) is 22.5. The van der Waals surface area contributed by atoms with Gasteiger partial charge in [0.15, 0.2) is 6.10 Å². The summed E-state index contributed by atoms with van der Waals surface area (Å²) in [5.41, 5.74) is 0.880. The van der Waals surface area contributed by atoms with Crippen LogP contribution >= 0.6 is 23.2 Å². The molecular formula is C28H38Cl2N4O5. The summed E-state index contributed by atoms with van der Waals surface area (Å²) < 4.78 is 11.0. The number of carbonyl (C=O) groups excluding carboxylic acids is 3. The Hall–Kier alpha value is -1.91. The number of halogens is 2. The summed E-state index contributed by atoms with van der Waals surface area (Å²) in [5.74, 6) is 0.830. The molecule has 0 spiro atoms. The average Bonchev–Trinajstić information content (AvgIpc) is 2.96. The van der Waals surface area contributed by atoms with Crippen molar-refractivity contribution in [2.45, 2.75) is 50.8 Å². The Balaban J connectivity index is 1.11. The van der Waals surface area contributed by atoms with Crippen LogP contribution in [0, 0.1) is 17.8 Å². The fourth-order valence-electron chi connectivity index (χ4n) is 6.53. The first-order valence-electron chi connectivity index (χ1n) is 14.0. The number of carbonyl (C=O) groups is 3. The number of likely N-dealkylation sites (tertiary alicyclic amines) is 1. The van der Waals surface area contributed by atoms with Crippen LogP contribution in [0.5, 0.6) is 0 Å². The number of hydrogen-bond donors (Lipinski definition) is 1. The molecule has 1 aromatic rings. The quantitative estimate of drug-likeness (QED) is 0.556. The Labute approximate surface area is 240 Å². The first kappa shape index (κ1) is 28.6. The largest absolute Gasteiger partial charge is 0.376 e. The van der Waals surface area contributed by atoms with Crippen LogP contribution in [0.2, 0.25) is 10.0 Å². The first-order valence-corrected chi connectivity index (χ1v) is 14.7. The summed E-state index contributed by atoms with van der Waals surface area (Å²) in [7, 11) is 1.73. The SMILES string of the molecule is CN(Cc1ccc(Cl)c(Cl)c1)C(=O)CN1CNC2CCC(C3CCN(C(=O)C4COCCO4)CC3)CC2C1=O. The Morgan fingerprint density at radius 2 is 1.87 bits per heavy atom. The third kappa shape index (κ3) is 6.70. The van der Waals surface area contributed by atoms with E-state index in [1.807, 2.05) is 11.0 Å². The number of hydrogen-bond acceptors (Lipinski definition) is 6. The highest BCUT2D eigenvalue weighted by Gasteiger charge is 2.43. The minimum absolute atomic E-state index is 0.0351. The number of amides is 3. The summed E-state index contributed by atoms with van der Waals surface area (Å²) in [5, 5.41) is 4.44. The molecule has 3 heterocycles. The van der Waals surface area contributed by atoms with Crippen molar-refractivity contribution in [1.29, 1.82) is 0 Å². The number of nitrogens with one attached hydrogen (secondary N) is 1. The Morgan fingerprint density at radius 1 is 1.08 bits per heavy atom. The van der Waals surface area contributed by atoms with Gasteiger partial charge in [-0.2, -0.15) is 0 Å². The molecule has 3 aliphatic heterocycles. The van der Waals surface area contributed by atoms with Crippen LogP contribution < -0.4 is 5.32 Å². The van der Waals surface area contributed by atoms with E-state index in [4.69, 9.17) is 32.7 Å². The fourth-order valence-corrected chi connectivity index (χ4v) is 6.85. The van der Waals surface area contributed by atoms with E-state index >= 15 is 0 Å². The highest BCUT2D eigenvalue weighted by atomic mass is 35.5. The number of ether oxygens (including phenoxy) is 2. The third-order valence-electron chi connectivity index (χ3n) is 8.83. The van der Waals surface area contributed by atoms with Crippen molar-refractivity contribution in [1.82, 2.24) is 20.0 Å². The van der Waals surface area contributed by atoms with Gasteiger partial charge in [0.25, 0.3) is 5.91 Å². The van der Waals surface area contributed by atoms with E-state index in [1.54, 1.807) is 29.0 Å². The monoisotopic (exact) mass is 580 g/mol. The van der Waals surface area contributed by atoms with Crippen LogP contribution in [0.1, 0.15) is 37.7 Å². The topological polar surface area (TPSA) is 91.4 Å². The van der Waals surface area contributed by atoms with Gasteiger partial charge in [0.05, 0.1) is 42.5 Å². The molecule has 1 saturated carbocycles. The second-order valence-corrected chi connectivity index (χ2v) is 12.1. The second kappa shape index (κ2) is 12.7. The third-order valence-corrected chi connectivity index (χ3v) is 9.57.